The molecular weight excluding hydrogens is 344 g/mol. The third-order valence-electron chi connectivity index (χ3n) is 3.72. The van der Waals surface area contributed by atoms with Crippen LogP contribution < -0.4 is 19.5 Å². The van der Waals surface area contributed by atoms with Crippen molar-refractivity contribution < 1.29 is 22.7 Å². The van der Waals surface area contributed by atoms with Gasteiger partial charge in [-0.1, -0.05) is 17.7 Å². The number of primary amides is 1. The molecule has 3 rings (SSSR count). The molecule has 0 saturated heterocycles. The van der Waals surface area contributed by atoms with Crippen LogP contribution in [0.2, 0.25) is 0 Å². The first-order chi connectivity index (χ1) is 11.9. The summed E-state index contributed by atoms with van der Waals surface area (Å²) in [5, 5.41) is 0. The number of nitrogens with two attached hydrogens (primary N) is 1. The summed E-state index contributed by atoms with van der Waals surface area (Å²) in [7, 11) is -4.00. The number of sulfonamides is 1. The lowest BCUT2D eigenvalue weighted by atomic mass is 10.2. The van der Waals surface area contributed by atoms with Gasteiger partial charge in [-0.3, -0.25) is 9.10 Å². The van der Waals surface area contributed by atoms with E-state index < -0.39 is 22.5 Å². The summed E-state index contributed by atoms with van der Waals surface area (Å²) in [5.41, 5.74) is 6.59. The first-order valence-electron chi connectivity index (χ1n) is 7.65. The zero-order chi connectivity index (χ0) is 18.0. The molecule has 1 heterocycles. The summed E-state index contributed by atoms with van der Waals surface area (Å²) >= 11 is 0. The van der Waals surface area contributed by atoms with Gasteiger partial charge in [0.25, 0.3) is 10.0 Å². The normalized spacial score (nSPS) is 13.3. The Hall–Kier alpha value is -2.74. The van der Waals surface area contributed by atoms with Gasteiger partial charge in [0, 0.05) is 6.07 Å². The van der Waals surface area contributed by atoms with E-state index in [9.17, 15) is 13.2 Å². The Morgan fingerprint density at radius 1 is 1.08 bits per heavy atom. The number of aryl methyl sites for hydroxylation is 1. The molecule has 132 valence electrons. The summed E-state index contributed by atoms with van der Waals surface area (Å²) in [6, 6.07) is 11.2. The molecular formula is C17H18N2O5S. The molecule has 2 aromatic rings. The second-order valence-electron chi connectivity index (χ2n) is 5.62. The Balaban J connectivity index is 2.04. The fraction of sp³-hybridized carbons (Fsp3) is 0.235. The lowest BCUT2D eigenvalue weighted by Crippen LogP contribution is -2.38. The van der Waals surface area contributed by atoms with Gasteiger partial charge in [0.1, 0.15) is 19.8 Å². The van der Waals surface area contributed by atoms with Crippen molar-refractivity contribution in [3.63, 3.8) is 0 Å². The van der Waals surface area contributed by atoms with Crippen molar-refractivity contribution in [2.45, 2.75) is 11.8 Å². The highest BCUT2D eigenvalue weighted by molar-refractivity contribution is 7.92. The smallest absolute Gasteiger partial charge is 0.264 e. The molecule has 1 aliphatic heterocycles. The van der Waals surface area contributed by atoms with Crippen molar-refractivity contribution in [2.75, 3.05) is 24.1 Å². The predicted octanol–water partition coefficient (Wildman–Crippen LogP) is 1.45. The van der Waals surface area contributed by atoms with Crippen LogP contribution in [-0.4, -0.2) is 34.1 Å². The molecule has 0 spiro atoms. The molecule has 0 fully saturated rings. The molecule has 7 nitrogen and oxygen atoms in total. The summed E-state index contributed by atoms with van der Waals surface area (Å²) < 4.78 is 38.0. The largest absolute Gasteiger partial charge is 0.486 e. The maximum atomic E-state index is 13.1. The quantitative estimate of drug-likeness (QED) is 0.868. The van der Waals surface area contributed by atoms with Crippen LogP contribution in [0, 0.1) is 6.92 Å². The van der Waals surface area contributed by atoms with Gasteiger partial charge in [0.05, 0.1) is 10.6 Å². The third kappa shape index (κ3) is 3.53. The van der Waals surface area contributed by atoms with Crippen molar-refractivity contribution in [2.24, 2.45) is 5.73 Å². The molecule has 0 saturated carbocycles. The van der Waals surface area contributed by atoms with Gasteiger partial charge >= 0.3 is 0 Å². The lowest BCUT2D eigenvalue weighted by Gasteiger charge is -2.24. The average Bonchev–Trinajstić information content (AvgIpc) is 2.60. The van der Waals surface area contributed by atoms with E-state index in [4.69, 9.17) is 15.2 Å². The van der Waals surface area contributed by atoms with E-state index in [0.29, 0.717) is 30.4 Å². The van der Waals surface area contributed by atoms with Crippen molar-refractivity contribution in [3.8, 4) is 11.5 Å². The number of ether oxygens (including phenoxy) is 2. The van der Waals surface area contributed by atoms with Gasteiger partial charge in [-0.2, -0.15) is 0 Å². The Morgan fingerprint density at radius 2 is 1.72 bits per heavy atom. The molecule has 0 aliphatic carbocycles. The zero-order valence-electron chi connectivity index (χ0n) is 13.6. The highest BCUT2D eigenvalue weighted by Crippen LogP contribution is 2.34. The SMILES string of the molecule is Cc1ccc(N(CC(N)=O)S(=O)(=O)c2ccc3c(c2)OCCO3)cc1. The Labute approximate surface area is 146 Å². The van der Waals surface area contributed by atoms with Gasteiger partial charge in [-0.05, 0) is 31.2 Å². The van der Waals surface area contributed by atoms with Gasteiger partial charge in [-0.15, -0.1) is 0 Å². The second kappa shape index (κ2) is 6.64. The minimum absolute atomic E-state index is 0.00132. The molecule has 0 unspecified atom stereocenters. The Kier molecular flexibility index (Phi) is 4.54. The van der Waals surface area contributed by atoms with E-state index in [0.717, 1.165) is 9.87 Å². The number of nitrogens with zero attached hydrogens (tertiary/aromatic N) is 1. The van der Waals surface area contributed by atoms with E-state index in [-0.39, 0.29) is 4.90 Å². The highest BCUT2D eigenvalue weighted by Gasteiger charge is 2.28. The number of rotatable bonds is 5. The average molecular weight is 362 g/mol. The second-order valence-corrected chi connectivity index (χ2v) is 7.48. The van der Waals surface area contributed by atoms with Crippen molar-refractivity contribution in [3.05, 3.63) is 48.0 Å². The number of benzene rings is 2. The monoisotopic (exact) mass is 362 g/mol. The van der Waals surface area contributed by atoms with E-state index >= 15 is 0 Å². The summed E-state index contributed by atoms with van der Waals surface area (Å²) in [6.07, 6.45) is 0. The van der Waals surface area contributed by atoms with Crippen molar-refractivity contribution in [1.29, 1.82) is 0 Å². The molecule has 2 N–H and O–H groups in total. The maximum Gasteiger partial charge on any atom is 0.264 e. The molecule has 0 atom stereocenters. The molecule has 0 radical (unpaired) electrons. The van der Waals surface area contributed by atoms with E-state index in [1.165, 1.54) is 12.1 Å². The van der Waals surface area contributed by atoms with Crippen LogP contribution >= 0.6 is 0 Å². The van der Waals surface area contributed by atoms with Crippen LogP contribution in [-0.2, 0) is 14.8 Å². The van der Waals surface area contributed by atoms with E-state index in [1.807, 2.05) is 6.92 Å². The highest BCUT2D eigenvalue weighted by atomic mass is 32.2. The minimum atomic E-state index is -4.00. The van der Waals surface area contributed by atoms with Crippen LogP contribution in [0.5, 0.6) is 11.5 Å². The van der Waals surface area contributed by atoms with Crippen molar-refractivity contribution >= 4 is 21.6 Å². The number of carbonyl (C=O) groups is 1. The van der Waals surface area contributed by atoms with Crippen LogP contribution in [0.4, 0.5) is 5.69 Å². The third-order valence-corrected chi connectivity index (χ3v) is 5.49. The van der Waals surface area contributed by atoms with Gasteiger partial charge in [-0.25, -0.2) is 8.42 Å². The fourth-order valence-corrected chi connectivity index (χ4v) is 3.93. The molecule has 0 bridgehead atoms. The van der Waals surface area contributed by atoms with Crippen LogP contribution in [0.1, 0.15) is 5.56 Å². The molecule has 1 aliphatic rings. The van der Waals surface area contributed by atoms with Crippen LogP contribution in [0.3, 0.4) is 0 Å². The Bertz CT molecular complexity index is 894. The number of hydrogen-bond donors (Lipinski definition) is 1. The summed E-state index contributed by atoms with van der Waals surface area (Å²) in [5.74, 6) is 0.0962. The number of hydrogen-bond acceptors (Lipinski definition) is 5. The zero-order valence-corrected chi connectivity index (χ0v) is 14.5. The fourth-order valence-electron chi connectivity index (χ4n) is 2.48. The van der Waals surface area contributed by atoms with Gasteiger partial charge < -0.3 is 15.2 Å². The van der Waals surface area contributed by atoms with Crippen molar-refractivity contribution in [1.82, 2.24) is 0 Å². The molecule has 8 heteroatoms. The standard InChI is InChI=1S/C17H18N2O5S/c1-12-2-4-13(5-3-12)19(11-17(18)20)25(21,22)14-6-7-15-16(10-14)24-9-8-23-15/h2-7,10H,8-9,11H2,1H3,(H2,18,20). The molecule has 2 aromatic carbocycles. The maximum absolute atomic E-state index is 13.1. The van der Waals surface area contributed by atoms with Gasteiger partial charge in [0.15, 0.2) is 11.5 Å². The summed E-state index contributed by atoms with van der Waals surface area (Å²) in [4.78, 5) is 11.4. The first kappa shape index (κ1) is 17.1. The number of carbonyl (C=O) groups excluding carboxylic acids is 1. The molecule has 1 amide bonds. The van der Waals surface area contributed by atoms with E-state index in [2.05, 4.69) is 0 Å². The lowest BCUT2D eigenvalue weighted by molar-refractivity contribution is -0.116. The van der Waals surface area contributed by atoms with Crippen LogP contribution in [0.15, 0.2) is 47.4 Å². The number of amides is 1. The minimum Gasteiger partial charge on any atom is -0.486 e. The molecule has 0 aromatic heterocycles. The number of anilines is 1. The predicted molar refractivity (Wildman–Crippen MR) is 92.3 cm³/mol. The molecule has 25 heavy (non-hydrogen) atoms. The van der Waals surface area contributed by atoms with Gasteiger partial charge in [0.2, 0.25) is 5.91 Å². The summed E-state index contributed by atoms with van der Waals surface area (Å²) in [6.45, 7) is 2.19. The van der Waals surface area contributed by atoms with Crippen LogP contribution in [0.25, 0.3) is 0 Å². The Morgan fingerprint density at radius 3 is 2.36 bits per heavy atom. The van der Waals surface area contributed by atoms with E-state index in [1.54, 1.807) is 30.3 Å². The number of fused-ring (bicyclic) bond motifs is 1. The first-order valence-corrected chi connectivity index (χ1v) is 9.09. The topological polar surface area (TPSA) is 98.9 Å².